The Balaban J connectivity index is 1.98. The van der Waals surface area contributed by atoms with E-state index in [2.05, 4.69) is 0 Å². The molecule has 2 N–H and O–H groups in total. The van der Waals surface area contributed by atoms with Crippen LogP contribution in [0.3, 0.4) is 0 Å². The van der Waals surface area contributed by atoms with Crippen molar-refractivity contribution in [3.05, 3.63) is 100 Å². The molecule has 5 nitrogen and oxygen atoms in total. The number of carbonyl (C=O) groups is 2. The number of hydrogen-bond donors (Lipinski definition) is 2. The molecule has 3 aromatic rings. The maximum Gasteiger partial charge on any atom is 0.300 e. The van der Waals surface area contributed by atoms with E-state index >= 15 is 0 Å². The van der Waals surface area contributed by atoms with Crippen molar-refractivity contribution in [1.29, 1.82) is 0 Å². The highest BCUT2D eigenvalue weighted by atomic mass is 19.1. The normalized spacial score (nSPS) is 17.9. The number of rotatable bonds is 3. The van der Waals surface area contributed by atoms with Gasteiger partial charge in [0.1, 0.15) is 17.3 Å². The van der Waals surface area contributed by atoms with Gasteiger partial charge < -0.3 is 10.2 Å². The molecule has 0 radical (unpaired) electrons. The lowest BCUT2D eigenvalue weighted by atomic mass is 9.84. The minimum absolute atomic E-state index is 0.0481. The molecular weight excluding hydrogens is 433 g/mol. The third kappa shape index (κ3) is 4.07. The number of anilines is 1. The molecule has 1 atom stereocenters. The van der Waals surface area contributed by atoms with Gasteiger partial charge in [-0.25, -0.2) is 4.39 Å². The summed E-state index contributed by atoms with van der Waals surface area (Å²) >= 11 is 0. The number of phenols is 1. The highest BCUT2D eigenvalue weighted by Gasteiger charge is 2.47. The second kappa shape index (κ2) is 8.45. The molecule has 174 valence electrons. The van der Waals surface area contributed by atoms with Gasteiger partial charge in [0.25, 0.3) is 11.7 Å². The Kier molecular flexibility index (Phi) is 5.77. The lowest BCUT2D eigenvalue weighted by Crippen LogP contribution is -2.29. The number of aryl methyl sites for hydroxylation is 1. The van der Waals surface area contributed by atoms with E-state index in [-0.39, 0.29) is 22.5 Å². The number of Topliss-reactive ketones (excluding diaryl/α,β-unsaturated/α-hetero) is 1. The largest absolute Gasteiger partial charge is 0.508 e. The summed E-state index contributed by atoms with van der Waals surface area (Å²) in [5, 5.41) is 21.5. The molecule has 1 saturated heterocycles. The summed E-state index contributed by atoms with van der Waals surface area (Å²) < 4.78 is 13.6. The summed E-state index contributed by atoms with van der Waals surface area (Å²) in [6, 6.07) is 16.1. The summed E-state index contributed by atoms with van der Waals surface area (Å²) in [5.41, 5.74) is 2.61. The fourth-order valence-electron chi connectivity index (χ4n) is 4.20. The van der Waals surface area contributed by atoms with Gasteiger partial charge in [0.15, 0.2) is 0 Å². The van der Waals surface area contributed by atoms with Crippen LogP contribution in [0, 0.1) is 12.7 Å². The highest BCUT2D eigenvalue weighted by molar-refractivity contribution is 6.51. The average molecular weight is 460 g/mol. The van der Waals surface area contributed by atoms with Gasteiger partial charge in [-0.1, -0.05) is 45.0 Å². The molecule has 3 aromatic carbocycles. The van der Waals surface area contributed by atoms with E-state index in [0.29, 0.717) is 16.8 Å². The molecule has 6 heteroatoms. The first-order chi connectivity index (χ1) is 16.0. The molecule has 34 heavy (non-hydrogen) atoms. The predicted molar refractivity (Wildman–Crippen MR) is 129 cm³/mol. The minimum Gasteiger partial charge on any atom is -0.508 e. The number of phenolic OH excluding ortho intramolecular Hbond substituents is 1. The number of amides is 1. The van der Waals surface area contributed by atoms with Crippen molar-refractivity contribution in [2.45, 2.75) is 39.2 Å². The number of aliphatic hydroxyl groups is 1. The van der Waals surface area contributed by atoms with Crippen LogP contribution in [-0.2, 0) is 15.0 Å². The summed E-state index contributed by atoms with van der Waals surface area (Å²) in [4.78, 5) is 27.7. The van der Waals surface area contributed by atoms with Crippen LogP contribution in [0.2, 0.25) is 0 Å². The van der Waals surface area contributed by atoms with Gasteiger partial charge in [-0.05, 0) is 71.5 Å². The highest BCUT2D eigenvalue weighted by Crippen LogP contribution is 2.43. The molecule has 1 unspecified atom stereocenters. The number of aliphatic hydroxyl groups excluding tert-OH is 1. The Bertz CT molecular complexity index is 1320. The fraction of sp³-hybridized carbons (Fsp3) is 0.214. The number of ketones is 1. The van der Waals surface area contributed by atoms with Gasteiger partial charge in [-0.15, -0.1) is 0 Å². The van der Waals surface area contributed by atoms with Gasteiger partial charge in [0.05, 0.1) is 11.6 Å². The average Bonchev–Trinajstić information content (AvgIpc) is 3.04. The van der Waals surface area contributed by atoms with Crippen molar-refractivity contribution < 1.29 is 24.2 Å². The maximum atomic E-state index is 13.6. The smallest absolute Gasteiger partial charge is 0.300 e. The second-order valence-electron chi connectivity index (χ2n) is 9.52. The first-order valence-corrected chi connectivity index (χ1v) is 11.0. The van der Waals surface area contributed by atoms with Crippen molar-refractivity contribution in [3.63, 3.8) is 0 Å². The molecular formula is C28H26FNO4. The number of nitrogens with zero attached hydrogens (tertiary/aromatic N) is 1. The SMILES string of the molecule is Cc1ccc(C(C)(C)C)cc1/C(O)=C1\C(=O)C(=O)N(c2ccc(F)cc2)C1c1cccc(O)c1. The van der Waals surface area contributed by atoms with Crippen LogP contribution in [0.1, 0.15) is 49.1 Å². The van der Waals surface area contributed by atoms with E-state index in [1.165, 1.54) is 41.3 Å². The van der Waals surface area contributed by atoms with Crippen LogP contribution in [0.5, 0.6) is 5.75 Å². The fourth-order valence-corrected chi connectivity index (χ4v) is 4.20. The lowest BCUT2D eigenvalue weighted by molar-refractivity contribution is -0.132. The van der Waals surface area contributed by atoms with Crippen LogP contribution in [0.4, 0.5) is 10.1 Å². The van der Waals surface area contributed by atoms with Crippen LogP contribution >= 0.6 is 0 Å². The van der Waals surface area contributed by atoms with Crippen LogP contribution < -0.4 is 4.90 Å². The Labute approximate surface area is 197 Å². The van der Waals surface area contributed by atoms with Crippen LogP contribution in [0.15, 0.2) is 72.3 Å². The molecule has 1 aliphatic rings. The third-order valence-electron chi connectivity index (χ3n) is 6.09. The van der Waals surface area contributed by atoms with E-state index < -0.39 is 23.5 Å². The Morgan fingerprint density at radius 2 is 1.65 bits per heavy atom. The Morgan fingerprint density at radius 3 is 2.26 bits per heavy atom. The van der Waals surface area contributed by atoms with Crippen molar-refractivity contribution in [1.82, 2.24) is 0 Å². The van der Waals surface area contributed by atoms with E-state index in [1.807, 2.05) is 45.9 Å². The van der Waals surface area contributed by atoms with E-state index in [9.17, 15) is 24.2 Å². The molecule has 0 bridgehead atoms. The minimum atomic E-state index is -1.00. The summed E-state index contributed by atoms with van der Waals surface area (Å²) in [5.74, 6) is -2.52. The number of hydrogen-bond acceptors (Lipinski definition) is 4. The lowest BCUT2D eigenvalue weighted by Gasteiger charge is -2.26. The van der Waals surface area contributed by atoms with E-state index in [1.54, 1.807) is 12.1 Å². The van der Waals surface area contributed by atoms with Crippen molar-refractivity contribution in [2.75, 3.05) is 4.90 Å². The van der Waals surface area contributed by atoms with Crippen molar-refractivity contribution in [2.24, 2.45) is 0 Å². The Morgan fingerprint density at radius 1 is 0.971 bits per heavy atom. The maximum absolute atomic E-state index is 13.6. The summed E-state index contributed by atoms with van der Waals surface area (Å²) in [6.45, 7) is 7.95. The monoisotopic (exact) mass is 459 g/mol. The number of benzene rings is 3. The quantitative estimate of drug-likeness (QED) is 0.296. The van der Waals surface area contributed by atoms with Gasteiger partial charge in [0, 0.05) is 11.3 Å². The number of aromatic hydroxyl groups is 1. The second-order valence-corrected chi connectivity index (χ2v) is 9.52. The molecule has 1 heterocycles. The first kappa shape index (κ1) is 23.2. The molecule has 1 aliphatic heterocycles. The Hall–Kier alpha value is -3.93. The third-order valence-corrected chi connectivity index (χ3v) is 6.09. The predicted octanol–water partition coefficient (Wildman–Crippen LogP) is 5.76. The molecule has 0 spiro atoms. The van der Waals surface area contributed by atoms with E-state index in [4.69, 9.17) is 0 Å². The van der Waals surface area contributed by atoms with Crippen molar-refractivity contribution in [3.8, 4) is 5.75 Å². The zero-order valence-corrected chi connectivity index (χ0v) is 19.5. The van der Waals surface area contributed by atoms with Gasteiger partial charge in [-0.3, -0.25) is 14.5 Å². The molecule has 1 fully saturated rings. The van der Waals surface area contributed by atoms with Crippen LogP contribution in [0.25, 0.3) is 5.76 Å². The van der Waals surface area contributed by atoms with E-state index in [0.717, 1.165) is 11.1 Å². The van der Waals surface area contributed by atoms with Crippen LogP contribution in [-0.4, -0.2) is 21.9 Å². The molecule has 0 saturated carbocycles. The zero-order valence-electron chi connectivity index (χ0n) is 19.5. The summed E-state index contributed by atoms with van der Waals surface area (Å²) in [6.07, 6.45) is 0. The van der Waals surface area contributed by atoms with Crippen molar-refractivity contribution >= 4 is 23.1 Å². The molecule has 0 aliphatic carbocycles. The zero-order chi connectivity index (χ0) is 24.8. The number of carbonyl (C=O) groups excluding carboxylic acids is 2. The summed E-state index contributed by atoms with van der Waals surface area (Å²) in [7, 11) is 0. The molecule has 4 rings (SSSR count). The first-order valence-electron chi connectivity index (χ1n) is 11.0. The number of halogens is 1. The molecule has 0 aromatic heterocycles. The standard InChI is InChI=1S/C28H26FNO4/c1-16-8-9-18(28(2,3)4)15-22(16)25(32)23-24(17-6-5-7-21(31)14-17)30(27(34)26(23)33)20-12-10-19(29)11-13-20/h5-15,24,31-32H,1-4H3/b25-23+. The van der Waals surface area contributed by atoms with Gasteiger partial charge >= 0.3 is 0 Å². The molecule has 1 amide bonds. The van der Waals surface area contributed by atoms with Gasteiger partial charge in [-0.2, -0.15) is 0 Å². The topological polar surface area (TPSA) is 77.8 Å². The van der Waals surface area contributed by atoms with Gasteiger partial charge in [0.2, 0.25) is 0 Å².